The SMILES string of the molecule is CC(C)CCOc1cc(O)ncn1. The number of nitrogens with zero attached hydrogens (tertiary/aromatic N) is 2. The lowest BCUT2D eigenvalue weighted by Crippen LogP contribution is -2.02. The number of aromatic nitrogens is 2. The summed E-state index contributed by atoms with van der Waals surface area (Å²) >= 11 is 0. The molecule has 0 aromatic carbocycles. The Labute approximate surface area is 77.6 Å². The molecule has 72 valence electrons. The van der Waals surface area contributed by atoms with E-state index in [9.17, 15) is 0 Å². The van der Waals surface area contributed by atoms with Crippen LogP contribution in [-0.4, -0.2) is 21.7 Å². The van der Waals surface area contributed by atoms with E-state index >= 15 is 0 Å². The lowest BCUT2D eigenvalue weighted by atomic mass is 10.1. The smallest absolute Gasteiger partial charge is 0.220 e. The Morgan fingerprint density at radius 3 is 2.85 bits per heavy atom. The van der Waals surface area contributed by atoms with Crippen molar-refractivity contribution in [3.63, 3.8) is 0 Å². The largest absolute Gasteiger partial charge is 0.493 e. The molecule has 1 rings (SSSR count). The van der Waals surface area contributed by atoms with Crippen molar-refractivity contribution in [1.82, 2.24) is 9.97 Å². The Morgan fingerprint density at radius 2 is 2.23 bits per heavy atom. The minimum Gasteiger partial charge on any atom is -0.493 e. The Balaban J connectivity index is 2.37. The first kappa shape index (κ1) is 9.77. The molecule has 0 aliphatic carbocycles. The van der Waals surface area contributed by atoms with Crippen LogP contribution in [0.4, 0.5) is 0 Å². The van der Waals surface area contributed by atoms with Gasteiger partial charge in [-0.3, -0.25) is 0 Å². The minimum absolute atomic E-state index is 0.0606. The molecule has 4 nitrogen and oxygen atoms in total. The molecule has 0 saturated heterocycles. The van der Waals surface area contributed by atoms with Gasteiger partial charge in [0.25, 0.3) is 0 Å². The summed E-state index contributed by atoms with van der Waals surface area (Å²) in [6, 6.07) is 1.40. The normalized spacial score (nSPS) is 10.4. The third-order valence-corrected chi connectivity index (χ3v) is 1.57. The predicted molar refractivity (Wildman–Crippen MR) is 48.6 cm³/mol. The van der Waals surface area contributed by atoms with Crippen molar-refractivity contribution < 1.29 is 9.84 Å². The molecular formula is C9H14N2O2. The summed E-state index contributed by atoms with van der Waals surface area (Å²) in [5.41, 5.74) is 0. The highest BCUT2D eigenvalue weighted by atomic mass is 16.5. The van der Waals surface area contributed by atoms with Gasteiger partial charge in [0.2, 0.25) is 11.8 Å². The summed E-state index contributed by atoms with van der Waals surface area (Å²) in [5, 5.41) is 8.99. The predicted octanol–water partition coefficient (Wildman–Crippen LogP) is 1.61. The summed E-state index contributed by atoms with van der Waals surface area (Å²) in [5.74, 6) is 0.970. The molecule has 0 unspecified atom stereocenters. The zero-order valence-corrected chi connectivity index (χ0v) is 7.90. The van der Waals surface area contributed by atoms with Gasteiger partial charge in [-0.2, -0.15) is 0 Å². The third-order valence-electron chi connectivity index (χ3n) is 1.57. The molecule has 13 heavy (non-hydrogen) atoms. The summed E-state index contributed by atoms with van der Waals surface area (Å²) in [6.07, 6.45) is 2.25. The molecule has 0 aliphatic heterocycles. The zero-order chi connectivity index (χ0) is 9.68. The van der Waals surface area contributed by atoms with E-state index in [-0.39, 0.29) is 5.88 Å². The first-order valence-corrected chi connectivity index (χ1v) is 4.32. The maximum Gasteiger partial charge on any atom is 0.220 e. The first-order valence-electron chi connectivity index (χ1n) is 4.32. The zero-order valence-electron chi connectivity index (χ0n) is 7.90. The van der Waals surface area contributed by atoms with Crippen LogP contribution in [0.25, 0.3) is 0 Å². The number of aromatic hydroxyl groups is 1. The van der Waals surface area contributed by atoms with E-state index in [1.165, 1.54) is 12.4 Å². The van der Waals surface area contributed by atoms with Crippen LogP contribution in [0, 0.1) is 5.92 Å². The average molecular weight is 182 g/mol. The topological polar surface area (TPSA) is 55.2 Å². The highest BCUT2D eigenvalue weighted by Crippen LogP contribution is 2.11. The maximum absolute atomic E-state index is 8.99. The molecule has 0 spiro atoms. The van der Waals surface area contributed by atoms with Crippen LogP contribution in [0.1, 0.15) is 20.3 Å². The molecule has 1 heterocycles. The van der Waals surface area contributed by atoms with Gasteiger partial charge in [-0.05, 0) is 12.3 Å². The van der Waals surface area contributed by atoms with Crippen molar-refractivity contribution in [2.75, 3.05) is 6.61 Å². The van der Waals surface area contributed by atoms with E-state index < -0.39 is 0 Å². The van der Waals surface area contributed by atoms with Crippen molar-refractivity contribution in [2.45, 2.75) is 20.3 Å². The monoisotopic (exact) mass is 182 g/mol. The van der Waals surface area contributed by atoms with E-state index in [1.54, 1.807) is 0 Å². The van der Waals surface area contributed by atoms with Crippen molar-refractivity contribution in [2.24, 2.45) is 5.92 Å². The lowest BCUT2D eigenvalue weighted by Gasteiger charge is -2.06. The van der Waals surface area contributed by atoms with Crippen molar-refractivity contribution >= 4 is 0 Å². The van der Waals surface area contributed by atoms with Gasteiger partial charge in [0.15, 0.2) is 0 Å². The maximum atomic E-state index is 8.99. The molecule has 0 saturated carbocycles. The minimum atomic E-state index is -0.0606. The molecule has 0 bridgehead atoms. The average Bonchev–Trinajstić information content (AvgIpc) is 2.03. The Hall–Kier alpha value is -1.32. The van der Waals surface area contributed by atoms with E-state index in [1.807, 2.05) is 0 Å². The van der Waals surface area contributed by atoms with E-state index in [2.05, 4.69) is 23.8 Å². The molecule has 0 aliphatic rings. The van der Waals surface area contributed by atoms with Gasteiger partial charge in [-0.25, -0.2) is 9.97 Å². The van der Waals surface area contributed by atoms with Crippen LogP contribution in [0.2, 0.25) is 0 Å². The first-order chi connectivity index (χ1) is 6.18. The van der Waals surface area contributed by atoms with Crippen LogP contribution in [-0.2, 0) is 0 Å². The van der Waals surface area contributed by atoms with Gasteiger partial charge >= 0.3 is 0 Å². The van der Waals surface area contributed by atoms with Crippen LogP contribution in [0.3, 0.4) is 0 Å². The van der Waals surface area contributed by atoms with Gasteiger partial charge in [0.05, 0.1) is 12.7 Å². The quantitative estimate of drug-likeness (QED) is 0.768. The second-order valence-electron chi connectivity index (χ2n) is 3.25. The standard InChI is InChI=1S/C9H14N2O2/c1-7(2)3-4-13-9-5-8(12)10-6-11-9/h5-7H,3-4H2,1-2H3,(H,10,11,12). The third kappa shape index (κ3) is 3.73. The van der Waals surface area contributed by atoms with E-state index in [0.717, 1.165) is 6.42 Å². The number of rotatable bonds is 4. The van der Waals surface area contributed by atoms with Gasteiger partial charge < -0.3 is 9.84 Å². The van der Waals surface area contributed by atoms with E-state index in [4.69, 9.17) is 9.84 Å². The second-order valence-corrected chi connectivity index (χ2v) is 3.25. The second kappa shape index (κ2) is 4.64. The summed E-state index contributed by atoms with van der Waals surface area (Å²) in [4.78, 5) is 7.39. The van der Waals surface area contributed by atoms with Crippen molar-refractivity contribution in [1.29, 1.82) is 0 Å². The van der Waals surface area contributed by atoms with Gasteiger partial charge in [-0.1, -0.05) is 13.8 Å². The summed E-state index contributed by atoms with van der Waals surface area (Å²) in [6.45, 7) is 4.87. The van der Waals surface area contributed by atoms with Crippen molar-refractivity contribution in [3.05, 3.63) is 12.4 Å². The molecule has 0 amide bonds. The highest BCUT2D eigenvalue weighted by Gasteiger charge is 1.98. The molecule has 1 aromatic heterocycles. The Bertz CT molecular complexity index is 264. The van der Waals surface area contributed by atoms with Gasteiger partial charge in [-0.15, -0.1) is 0 Å². The van der Waals surface area contributed by atoms with Crippen LogP contribution in [0.15, 0.2) is 12.4 Å². The summed E-state index contributed by atoms with van der Waals surface area (Å²) in [7, 11) is 0. The highest BCUT2D eigenvalue weighted by molar-refractivity contribution is 5.16. The molecule has 4 heteroatoms. The Morgan fingerprint density at radius 1 is 1.46 bits per heavy atom. The number of hydrogen-bond acceptors (Lipinski definition) is 4. The van der Waals surface area contributed by atoms with Crippen LogP contribution in [0.5, 0.6) is 11.8 Å². The van der Waals surface area contributed by atoms with E-state index in [0.29, 0.717) is 18.4 Å². The van der Waals surface area contributed by atoms with Crippen LogP contribution >= 0.6 is 0 Å². The molecular weight excluding hydrogens is 168 g/mol. The van der Waals surface area contributed by atoms with Gasteiger partial charge in [0, 0.05) is 0 Å². The van der Waals surface area contributed by atoms with Crippen LogP contribution < -0.4 is 4.74 Å². The molecule has 0 fully saturated rings. The fourth-order valence-corrected chi connectivity index (χ4v) is 0.808. The van der Waals surface area contributed by atoms with Gasteiger partial charge in [0.1, 0.15) is 6.33 Å². The molecule has 0 atom stereocenters. The summed E-state index contributed by atoms with van der Waals surface area (Å²) < 4.78 is 5.29. The van der Waals surface area contributed by atoms with Crippen molar-refractivity contribution in [3.8, 4) is 11.8 Å². The fraction of sp³-hybridized carbons (Fsp3) is 0.556. The lowest BCUT2D eigenvalue weighted by molar-refractivity contribution is 0.277. The fourth-order valence-electron chi connectivity index (χ4n) is 0.808. The number of ether oxygens (including phenoxy) is 1. The molecule has 1 aromatic rings. The number of hydrogen-bond donors (Lipinski definition) is 1. The molecule has 0 radical (unpaired) electrons. The molecule has 1 N–H and O–H groups in total. The Kier molecular flexibility index (Phi) is 3.49.